The van der Waals surface area contributed by atoms with Crippen molar-refractivity contribution in [1.29, 1.82) is 0 Å². The van der Waals surface area contributed by atoms with Gasteiger partial charge >= 0.3 is 0 Å². The molecule has 0 spiro atoms. The zero-order valence-electron chi connectivity index (χ0n) is 8.00. The van der Waals surface area contributed by atoms with Gasteiger partial charge in [-0.2, -0.15) is 0 Å². The second-order valence-corrected chi connectivity index (χ2v) is 3.94. The minimum absolute atomic E-state index is 0.552. The highest BCUT2D eigenvalue weighted by Gasteiger charge is 2.03. The monoisotopic (exact) mass is 240 g/mol. The SMILES string of the molecule is Cn1[c]ccc1Oc1cc(Cl)cc(Cl)c1. The van der Waals surface area contributed by atoms with E-state index in [1.54, 1.807) is 28.8 Å². The molecule has 15 heavy (non-hydrogen) atoms. The van der Waals surface area contributed by atoms with Gasteiger partial charge in [0.15, 0.2) is 5.88 Å². The number of rotatable bonds is 2. The second-order valence-electron chi connectivity index (χ2n) is 3.07. The van der Waals surface area contributed by atoms with E-state index in [1.165, 1.54) is 0 Å². The fourth-order valence-electron chi connectivity index (χ4n) is 1.21. The van der Waals surface area contributed by atoms with Crippen LogP contribution in [0.25, 0.3) is 0 Å². The van der Waals surface area contributed by atoms with Crippen LogP contribution in [0.15, 0.2) is 30.3 Å². The number of aryl methyl sites for hydroxylation is 1. The summed E-state index contributed by atoms with van der Waals surface area (Å²) in [6.07, 6.45) is 2.94. The molecule has 0 unspecified atom stereocenters. The Morgan fingerprint density at radius 3 is 2.40 bits per heavy atom. The van der Waals surface area contributed by atoms with Crippen LogP contribution in [0.3, 0.4) is 0 Å². The molecule has 0 fully saturated rings. The van der Waals surface area contributed by atoms with Crippen molar-refractivity contribution >= 4 is 23.2 Å². The molecule has 1 aromatic heterocycles. The molecule has 0 atom stereocenters. The molecule has 4 heteroatoms. The zero-order valence-corrected chi connectivity index (χ0v) is 9.51. The van der Waals surface area contributed by atoms with E-state index in [2.05, 4.69) is 6.20 Å². The maximum Gasteiger partial charge on any atom is 0.200 e. The van der Waals surface area contributed by atoms with Crippen molar-refractivity contribution in [3.05, 3.63) is 46.6 Å². The highest BCUT2D eigenvalue weighted by atomic mass is 35.5. The zero-order chi connectivity index (χ0) is 10.8. The predicted molar refractivity (Wildman–Crippen MR) is 60.8 cm³/mol. The highest BCUT2D eigenvalue weighted by molar-refractivity contribution is 6.34. The van der Waals surface area contributed by atoms with E-state index in [1.807, 2.05) is 13.1 Å². The summed E-state index contributed by atoms with van der Waals surface area (Å²) in [6.45, 7) is 0. The smallest absolute Gasteiger partial charge is 0.200 e. The fourth-order valence-corrected chi connectivity index (χ4v) is 1.71. The number of aromatic nitrogens is 1. The standard InChI is InChI=1S/C11H8Cl2NO/c1-14-4-2-3-11(14)15-10-6-8(12)5-9(13)7-10/h2-3,5-7H,1H3. The third kappa shape index (κ3) is 2.46. The largest absolute Gasteiger partial charge is 0.441 e. The normalized spacial score (nSPS) is 10.3. The van der Waals surface area contributed by atoms with Gasteiger partial charge in [0.05, 0.1) is 6.20 Å². The summed E-state index contributed by atoms with van der Waals surface area (Å²) in [5.41, 5.74) is 0. The first kappa shape index (κ1) is 10.4. The van der Waals surface area contributed by atoms with E-state index >= 15 is 0 Å². The van der Waals surface area contributed by atoms with Crippen LogP contribution in [-0.2, 0) is 7.05 Å². The molecule has 1 radical (unpaired) electrons. The summed E-state index contributed by atoms with van der Waals surface area (Å²) in [5.74, 6) is 1.30. The lowest BCUT2D eigenvalue weighted by molar-refractivity contribution is 0.442. The Hall–Kier alpha value is -1.12. The lowest BCUT2D eigenvalue weighted by Gasteiger charge is -2.06. The van der Waals surface area contributed by atoms with Crippen molar-refractivity contribution in [1.82, 2.24) is 4.57 Å². The van der Waals surface area contributed by atoms with Crippen molar-refractivity contribution < 1.29 is 4.74 Å². The van der Waals surface area contributed by atoms with Gasteiger partial charge < -0.3 is 9.30 Å². The molecule has 2 nitrogen and oxygen atoms in total. The van der Waals surface area contributed by atoms with E-state index in [4.69, 9.17) is 27.9 Å². The summed E-state index contributed by atoms with van der Waals surface area (Å²) in [5, 5.41) is 1.10. The van der Waals surface area contributed by atoms with Crippen LogP contribution in [-0.4, -0.2) is 4.57 Å². The summed E-state index contributed by atoms with van der Waals surface area (Å²) in [7, 11) is 1.85. The number of nitrogens with zero attached hydrogens (tertiary/aromatic N) is 1. The minimum atomic E-state index is 0.552. The van der Waals surface area contributed by atoms with Gasteiger partial charge in [-0.3, -0.25) is 0 Å². The predicted octanol–water partition coefficient (Wildman–Crippen LogP) is 3.92. The second kappa shape index (κ2) is 4.17. The molecule has 0 N–H and O–H groups in total. The first-order chi connectivity index (χ1) is 7.15. The Kier molecular flexibility index (Phi) is 2.89. The molecule has 0 aliphatic heterocycles. The third-order valence-corrected chi connectivity index (χ3v) is 2.32. The van der Waals surface area contributed by atoms with Gasteiger partial charge in [0.1, 0.15) is 5.75 Å². The van der Waals surface area contributed by atoms with Crippen LogP contribution in [0.1, 0.15) is 0 Å². The topological polar surface area (TPSA) is 14.2 Å². The molecular formula is C11H8Cl2NO. The molecule has 1 aromatic carbocycles. The molecule has 0 amide bonds. The Morgan fingerprint density at radius 1 is 1.20 bits per heavy atom. The molecule has 0 saturated heterocycles. The highest BCUT2D eigenvalue weighted by Crippen LogP contribution is 2.27. The number of ether oxygens (including phenoxy) is 1. The summed E-state index contributed by atoms with van der Waals surface area (Å²) >= 11 is 11.7. The maximum atomic E-state index is 5.85. The Bertz CT molecular complexity index is 459. The van der Waals surface area contributed by atoms with Crippen LogP contribution in [0.4, 0.5) is 0 Å². The molecular weight excluding hydrogens is 233 g/mol. The van der Waals surface area contributed by atoms with Crippen molar-refractivity contribution in [3.63, 3.8) is 0 Å². The first-order valence-electron chi connectivity index (χ1n) is 4.32. The third-order valence-electron chi connectivity index (χ3n) is 1.88. The number of halogens is 2. The average Bonchev–Trinajstić information content (AvgIpc) is 2.50. The lowest BCUT2D eigenvalue weighted by Crippen LogP contribution is -1.91. The van der Waals surface area contributed by atoms with Crippen LogP contribution >= 0.6 is 23.2 Å². The van der Waals surface area contributed by atoms with Crippen LogP contribution in [0, 0.1) is 6.20 Å². The number of hydrogen-bond donors (Lipinski definition) is 0. The fraction of sp³-hybridized carbons (Fsp3) is 0.0909. The minimum Gasteiger partial charge on any atom is -0.441 e. The van der Waals surface area contributed by atoms with Gasteiger partial charge in [0.2, 0.25) is 0 Å². The Balaban J connectivity index is 2.28. The Morgan fingerprint density at radius 2 is 1.87 bits per heavy atom. The summed E-state index contributed by atoms with van der Waals surface area (Å²) in [6, 6.07) is 8.67. The van der Waals surface area contributed by atoms with Gasteiger partial charge in [-0.05, 0) is 24.3 Å². The van der Waals surface area contributed by atoms with Crippen molar-refractivity contribution in [2.45, 2.75) is 0 Å². The summed E-state index contributed by atoms with van der Waals surface area (Å²) < 4.78 is 7.32. The molecule has 77 valence electrons. The van der Waals surface area contributed by atoms with Gasteiger partial charge in [0, 0.05) is 23.2 Å². The Labute approximate surface area is 98.0 Å². The van der Waals surface area contributed by atoms with Crippen molar-refractivity contribution in [3.8, 4) is 11.6 Å². The molecule has 2 aromatic rings. The van der Waals surface area contributed by atoms with Gasteiger partial charge in [-0.1, -0.05) is 23.2 Å². The number of hydrogen-bond acceptors (Lipinski definition) is 1. The van der Waals surface area contributed by atoms with E-state index in [9.17, 15) is 0 Å². The average molecular weight is 241 g/mol. The van der Waals surface area contributed by atoms with Gasteiger partial charge in [-0.15, -0.1) is 0 Å². The van der Waals surface area contributed by atoms with E-state index < -0.39 is 0 Å². The van der Waals surface area contributed by atoms with Gasteiger partial charge in [0.25, 0.3) is 0 Å². The van der Waals surface area contributed by atoms with Crippen LogP contribution in [0.2, 0.25) is 10.0 Å². The summed E-state index contributed by atoms with van der Waals surface area (Å²) in [4.78, 5) is 0. The van der Waals surface area contributed by atoms with Crippen molar-refractivity contribution in [2.75, 3.05) is 0 Å². The maximum absolute atomic E-state index is 5.85. The van der Waals surface area contributed by atoms with E-state index in [0.29, 0.717) is 21.7 Å². The van der Waals surface area contributed by atoms with Crippen LogP contribution < -0.4 is 4.74 Å². The molecule has 0 saturated carbocycles. The van der Waals surface area contributed by atoms with Crippen molar-refractivity contribution in [2.24, 2.45) is 7.05 Å². The molecule has 0 aliphatic carbocycles. The molecule has 1 heterocycles. The van der Waals surface area contributed by atoms with Gasteiger partial charge in [-0.25, -0.2) is 0 Å². The van der Waals surface area contributed by atoms with E-state index in [-0.39, 0.29) is 0 Å². The molecule has 0 aliphatic rings. The van der Waals surface area contributed by atoms with E-state index in [0.717, 1.165) is 0 Å². The lowest BCUT2D eigenvalue weighted by atomic mass is 10.3. The quantitative estimate of drug-likeness (QED) is 0.777. The molecule has 0 bridgehead atoms. The first-order valence-corrected chi connectivity index (χ1v) is 5.08. The van der Waals surface area contributed by atoms with Crippen LogP contribution in [0.5, 0.6) is 11.6 Å². The number of benzene rings is 1. The molecule has 2 rings (SSSR count).